The summed E-state index contributed by atoms with van der Waals surface area (Å²) in [5, 5.41) is 30.8. The zero-order chi connectivity index (χ0) is 24.2. The molecule has 7 nitrogen and oxygen atoms in total. The van der Waals surface area contributed by atoms with E-state index in [1.165, 1.54) is 18.2 Å². The average Bonchev–Trinajstić information content (AvgIpc) is 3.13. The summed E-state index contributed by atoms with van der Waals surface area (Å²) in [4.78, 5) is 19.6. The van der Waals surface area contributed by atoms with Crippen LogP contribution in [0.1, 0.15) is 39.4 Å². The van der Waals surface area contributed by atoms with Gasteiger partial charge in [-0.15, -0.1) is 0 Å². The Morgan fingerprint density at radius 2 is 1.74 bits per heavy atom. The Morgan fingerprint density at radius 3 is 2.29 bits per heavy atom. The van der Waals surface area contributed by atoms with Gasteiger partial charge in [-0.3, -0.25) is 4.98 Å². The molecule has 2 heterocycles. The molecule has 0 fully saturated rings. The number of hydrogen-bond acceptors (Lipinski definition) is 6. The number of aromatic nitrogens is 3. The van der Waals surface area contributed by atoms with Crippen LogP contribution in [0.4, 0.5) is 4.39 Å². The molecule has 0 aliphatic rings. The van der Waals surface area contributed by atoms with Crippen LogP contribution >= 0.6 is 0 Å². The Bertz CT molecular complexity index is 1130. The quantitative estimate of drug-likeness (QED) is 0.436. The van der Waals surface area contributed by atoms with Gasteiger partial charge < -0.3 is 24.7 Å². The van der Waals surface area contributed by atoms with Gasteiger partial charge in [0.2, 0.25) is 0 Å². The molecule has 0 saturated heterocycles. The van der Waals surface area contributed by atoms with E-state index in [-0.39, 0.29) is 47.2 Å². The molecule has 0 spiro atoms. The SMILES string of the molecule is CC(C)(C)c1nc(-c2ccc(F)cc2)c(-c2ccncc2)n1/C=C/[C@@H](O)C[C@@H](O)CC(=O)[O-].[Na+]. The fraction of sp³-hybridized carbons (Fsp3) is 0.320. The van der Waals surface area contributed by atoms with Crippen molar-refractivity contribution in [3.63, 3.8) is 0 Å². The number of carboxylic acid groups (broad SMARTS) is 1. The number of carboxylic acids is 1. The molecular weight excluding hydrogens is 448 g/mol. The van der Waals surface area contributed by atoms with Crippen LogP contribution in [-0.2, 0) is 10.2 Å². The Kier molecular flexibility index (Phi) is 9.73. The number of aliphatic hydroxyl groups is 2. The Morgan fingerprint density at radius 1 is 1.12 bits per heavy atom. The Labute approximate surface area is 220 Å². The first-order valence-electron chi connectivity index (χ1n) is 10.6. The van der Waals surface area contributed by atoms with Crippen LogP contribution in [-0.4, -0.2) is 42.9 Å². The second kappa shape index (κ2) is 11.9. The van der Waals surface area contributed by atoms with E-state index in [2.05, 4.69) is 4.98 Å². The minimum Gasteiger partial charge on any atom is -0.550 e. The van der Waals surface area contributed by atoms with Gasteiger partial charge in [-0.2, -0.15) is 0 Å². The number of benzene rings is 1. The van der Waals surface area contributed by atoms with Crippen molar-refractivity contribution in [1.82, 2.24) is 14.5 Å². The van der Waals surface area contributed by atoms with Gasteiger partial charge in [0.25, 0.3) is 0 Å². The van der Waals surface area contributed by atoms with Crippen molar-refractivity contribution in [3.8, 4) is 22.5 Å². The molecule has 0 bridgehead atoms. The molecule has 3 rings (SSSR count). The molecule has 2 aromatic heterocycles. The van der Waals surface area contributed by atoms with E-state index in [4.69, 9.17) is 4.98 Å². The van der Waals surface area contributed by atoms with Crippen molar-refractivity contribution in [2.24, 2.45) is 0 Å². The number of rotatable bonds is 8. The van der Waals surface area contributed by atoms with Gasteiger partial charge in [-0.1, -0.05) is 20.8 Å². The second-order valence-corrected chi connectivity index (χ2v) is 8.87. The number of carbonyl (C=O) groups is 1. The van der Waals surface area contributed by atoms with Crippen LogP contribution in [0.5, 0.6) is 0 Å². The molecule has 1 aromatic carbocycles. The summed E-state index contributed by atoms with van der Waals surface area (Å²) in [7, 11) is 0. The Hall–Kier alpha value is -2.36. The molecule has 0 aliphatic carbocycles. The first-order chi connectivity index (χ1) is 15.6. The average molecular weight is 475 g/mol. The molecule has 0 aliphatic heterocycles. The predicted octanol–water partition coefficient (Wildman–Crippen LogP) is -0.225. The van der Waals surface area contributed by atoms with Gasteiger partial charge >= 0.3 is 29.6 Å². The number of imidazole rings is 1. The van der Waals surface area contributed by atoms with E-state index in [9.17, 15) is 24.5 Å². The third-order valence-electron chi connectivity index (χ3n) is 5.03. The summed E-state index contributed by atoms with van der Waals surface area (Å²) in [6.45, 7) is 6.01. The van der Waals surface area contributed by atoms with Crippen LogP contribution in [0.2, 0.25) is 0 Å². The number of halogens is 1. The predicted molar refractivity (Wildman–Crippen MR) is 121 cm³/mol. The van der Waals surface area contributed by atoms with Crippen molar-refractivity contribution < 1.29 is 54.1 Å². The molecule has 0 unspecified atom stereocenters. The van der Waals surface area contributed by atoms with Crippen LogP contribution in [0.3, 0.4) is 0 Å². The Balaban J connectivity index is 0.00000408. The molecule has 9 heteroatoms. The smallest absolute Gasteiger partial charge is 0.550 e. The van der Waals surface area contributed by atoms with Crippen molar-refractivity contribution in [1.29, 1.82) is 0 Å². The van der Waals surface area contributed by atoms with E-state index >= 15 is 0 Å². The maximum absolute atomic E-state index is 13.6. The van der Waals surface area contributed by atoms with Crippen molar-refractivity contribution in [2.45, 2.75) is 51.2 Å². The van der Waals surface area contributed by atoms with E-state index in [0.717, 1.165) is 16.8 Å². The second-order valence-electron chi connectivity index (χ2n) is 8.87. The third kappa shape index (κ3) is 7.07. The number of carbonyl (C=O) groups excluding carboxylic acids is 1. The molecule has 0 amide bonds. The summed E-state index contributed by atoms with van der Waals surface area (Å²) in [6.07, 6.45) is 3.43. The number of nitrogens with zero attached hydrogens (tertiary/aromatic N) is 3. The number of aliphatic hydroxyl groups excluding tert-OH is 2. The van der Waals surface area contributed by atoms with Crippen LogP contribution in [0.15, 0.2) is 54.9 Å². The topological polar surface area (TPSA) is 111 Å². The first kappa shape index (κ1) is 27.9. The molecule has 3 aromatic rings. The standard InChI is InChI=1S/C25H28FN3O4.Na/c1-25(2,3)24-28-22(16-4-6-18(26)7-5-16)23(17-8-11-27-12-9-17)29(24)13-10-19(30)14-20(31)15-21(32)33;/h4-13,19-20,30-31H,14-15H2,1-3H3,(H,32,33);/q;+1/p-1/b13-10+;/t19-,20-;/m1./s1. The number of aliphatic carboxylic acids is 1. The van der Waals surface area contributed by atoms with Gasteiger partial charge in [0.15, 0.2) is 0 Å². The molecule has 2 N–H and O–H groups in total. The van der Waals surface area contributed by atoms with Gasteiger partial charge in [0, 0.05) is 53.9 Å². The van der Waals surface area contributed by atoms with Crippen molar-refractivity contribution in [3.05, 3.63) is 66.5 Å². The summed E-state index contributed by atoms with van der Waals surface area (Å²) in [5.74, 6) is -1.03. The van der Waals surface area contributed by atoms with Crippen LogP contribution < -0.4 is 34.7 Å². The van der Waals surface area contributed by atoms with Crippen molar-refractivity contribution in [2.75, 3.05) is 0 Å². The summed E-state index contributed by atoms with van der Waals surface area (Å²) in [6, 6.07) is 9.74. The maximum atomic E-state index is 13.6. The molecule has 174 valence electrons. The fourth-order valence-corrected chi connectivity index (χ4v) is 3.52. The largest absolute Gasteiger partial charge is 1.00 e. The van der Waals surface area contributed by atoms with Crippen molar-refractivity contribution >= 4 is 12.2 Å². The summed E-state index contributed by atoms with van der Waals surface area (Å²) < 4.78 is 15.4. The van der Waals surface area contributed by atoms with E-state index in [0.29, 0.717) is 11.5 Å². The van der Waals surface area contributed by atoms with Gasteiger partial charge in [-0.25, -0.2) is 9.37 Å². The summed E-state index contributed by atoms with van der Waals surface area (Å²) in [5.41, 5.74) is 2.54. The van der Waals surface area contributed by atoms with Crippen LogP contribution in [0.25, 0.3) is 28.7 Å². The maximum Gasteiger partial charge on any atom is 1.00 e. The number of hydrogen-bond donors (Lipinski definition) is 2. The first-order valence-corrected chi connectivity index (χ1v) is 10.6. The molecule has 0 saturated carbocycles. The van der Waals surface area contributed by atoms with Gasteiger partial charge in [0.05, 0.1) is 23.6 Å². The zero-order valence-corrected chi connectivity index (χ0v) is 21.8. The monoisotopic (exact) mass is 475 g/mol. The minimum atomic E-state index is -1.38. The number of pyridine rings is 1. The normalized spacial score (nSPS) is 13.5. The van der Waals surface area contributed by atoms with E-state index in [1.54, 1.807) is 30.7 Å². The fourth-order valence-electron chi connectivity index (χ4n) is 3.52. The molecule has 0 radical (unpaired) electrons. The molecular formula is C25H27FN3NaO4. The van der Waals surface area contributed by atoms with Crippen LogP contribution in [0, 0.1) is 5.82 Å². The zero-order valence-electron chi connectivity index (χ0n) is 19.8. The van der Waals surface area contributed by atoms with E-state index < -0.39 is 24.6 Å². The van der Waals surface area contributed by atoms with Gasteiger partial charge in [0.1, 0.15) is 11.6 Å². The summed E-state index contributed by atoms with van der Waals surface area (Å²) >= 11 is 0. The third-order valence-corrected chi connectivity index (χ3v) is 5.03. The van der Waals surface area contributed by atoms with E-state index in [1.807, 2.05) is 37.5 Å². The molecule has 2 atom stereocenters. The minimum absolute atomic E-state index is 0. The molecule has 34 heavy (non-hydrogen) atoms. The van der Waals surface area contributed by atoms with Gasteiger partial charge in [-0.05, 0) is 42.5 Å².